The molecule has 0 spiro atoms. The van der Waals surface area contributed by atoms with Gasteiger partial charge in [-0.2, -0.15) is 0 Å². The van der Waals surface area contributed by atoms with Gasteiger partial charge in [-0.3, -0.25) is 4.79 Å². The average Bonchev–Trinajstić information content (AvgIpc) is 2.67. The van der Waals surface area contributed by atoms with Crippen LogP contribution >= 0.6 is 0 Å². The molecule has 0 saturated heterocycles. The van der Waals surface area contributed by atoms with Crippen molar-refractivity contribution in [2.24, 2.45) is 0 Å². The van der Waals surface area contributed by atoms with Crippen molar-refractivity contribution >= 4 is 17.4 Å². The van der Waals surface area contributed by atoms with Crippen molar-refractivity contribution < 1.29 is 14.6 Å². The first-order valence-corrected chi connectivity index (χ1v) is 7.92. The summed E-state index contributed by atoms with van der Waals surface area (Å²) in [5, 5.41) is 9.44. The first kappa shape index (κ1) is 16.5. The monoisotopic (exact) mass is 330 g/mol. The van der Waals surface area contributed by atoms with Crippen molar-refractivity contribution in [3.63, 3.8) is 0 Å². The van der Waals surface area contributed by atoms with Crippen molar-refractivity contribution in [1.82, 2.24) is 0 Å². The highest BCUT2D eigenvalue weighted by molar-refractivity contribution is 6.32. The molecule has 1 N–H and O–H groups in total. The second kappa shape index (κ2) is 7.49. The van der Waals surface area contributed by atoms with Crippen molar-refractivity contribution in [2.45, 2.75) is 0 Å². The van der Waals surface area contributed by atoms with Crippen LogP contribution in [0.2, 0.25) is 0 Å². The Morgan fingerprint density at radius 1 is 0.840 bits per heavy atom. The van der Waals surface area contributed by atoms with E-state index < -0.39 is 0 Å². The molecule has 0 heterocycles. The van der Waals surface area contributed by atoms with Gasteiger partial charge in [0.05, 0.1) is 7.11 Å². The van der Waals surface area contributed by atoms with E-state index in [-0.39, 0.29) is 11.5 Å². The minimum Gasteiger partial charge on any atom is -0.508 e. The number of phenolic OH excluding ortho intramolecular Hbond substituents is 1. The number of ether oxygens (including phenoxy) is 1. The predicted molar refractivity (Wildman–Crippen MR) is 99.7 cm³/mol. The van der Waals surface area contributed by atoms with Crippen molar-refractivity contribution in [2.75, 3.05) is 7.11 Å². The normalized spacial score (nSPS) is 11.2. The van der Waals surface area contributed by atoms with Gasteiger partial charge in [0, 0.05) is 11.1 Å². The third kappa shape index (κ3) is 3.96. The Morgan fingerprint density at radius 3 is 2.08 bits per heavy atom. The standard InChI is InChI=1S/C22H18O3/c1-25-20-13-7-16(8-14-20)15-21(17-5-3-2-4-6-17)22(24)18-9-11-19(23)12-10-18/h2-15,23H,1H3/b21-15-. The van der Waals surface area contributed by atoms with Crippen LogP contribution < -0.4 is 4.74 Å². The molecule has 25 heavy (non-hydrogen) atoms. The molecule has 0 radical (unpaired) electrons. The summed E-state index contributed by atoms with van der Waals surface area (Å²) < 4.78 is 5.18. The number of hydrogen-bond acceptors (Lipinski definition) is 3. The molecule has 3 heteroatoms. The molecule has 0 aliphatic heterocycles. The second-order valence-corrected chi connectivity index (χ2v) is 5.57. The fraction of sp³-hybridized carbons (Fsp3) is 0.0455. The Bertz CT molecular complexity index is 877. The maximum absolute atomic E-state index is 13.0. The van der Waals surface area contributed by atoms with Crippen LogP contribution in [0, 0.1) is 0 Å². The minimum absolute atomic E-state index is 0.0954. The SMILES string of the molecule is COc1ccc(/C=C(\C(=O)c2ccc(O)cc2)c2ccccc2)cc1. The van der Waals surface area contributed by atoms with E-state index in [2.05, 4.69) is 0 Å². The van der Waals surface area contributed by atoms with Gasteiger partial charge in [0.15, 0.2) is 5.78 Å². The highest BCUT2D eigenvalue weighted by atomic mass is 16.5. The Morgan fingerprint density at radius 2 is 1.48 bits per heavy atom. The summed E-state index contributed by atoms with van der Waals surface area (Å²) in [7, 11) is 1.62. The number of carbonyl (C=O) groups excluding carboxylic acids is 1. The summed E-state index contributed by atoms with van der Waals surface area (Å²) in [5.74, 6) is 0.808. The quantitative estimate of drug-likeness (QED) is 0.414. The summed E-state index contributed by atoms with van der Waals surface area (Å²) in [6.07, 6.45) is 1.87. The van der Waals surface area contributed by atoms with Crippen molar-refractivity contribution in [3.05, 3.63) is 95.6 Å². The van der Waals surface area contributed by atoms with Crippen molar-refractivity contribution in [1.29, 1.82) is 0 Å². The maximum atomic E-state index is 13.0. The van der Waals surface area contributed by atoms with Crippen LogP contribution in [0.15, 0.2) is 78.9 Å². The van der Waals surface area contributed by atoms with Gasteiger partial charge in [-0.25, -0.2) is 0 Å². The van der Waals surface area contributed by atoms with Crippen LogP contribution in [0.25, 0.3) is 11.6 Å². The minimum atomic E-state index is -0.0954. The van der Waals surface area contributed by atoms with Crippen LogP contribution in [0.3, 0.4) is 0 Å². The van der Waals surface area contributed by atoms with E-state index in [4.69, 9.17) is 4.74 Å². The molecule has 0 aromatic heterocycles. The van der Waals surface area contributed by atoms with Gasteiger partial charge in [-0.1, -0.05) is 42.5 Å². The smallest absolute Gasteiger partial charge is 0.193 e. The molecule has 0 atom stereocenters. The lowest BCUT2D eigenvalue weighted by molar-refractivity contribution is 0.105. The molecule has 3 nitrogen and oxygen atoms in total. The number of rotatable bonds is 5. The molecule has 124 valence electrons. The first-order valence-electron chi connectivity index (χ1n) is 7.92. The predicted octanol–water partition coefficient (Wildman–Crippen LogP) is 4.82. The lowest BCUT2D eigenvalue weighted by atomic mass is 9.94. The Labute approximate surface area is 146 Å². The van der Waals surface area contributed by atoms with Crippen LogP contribution in [0.1, 0.15) is 21.5 Å². The number of aromatic hydroxyl groups is 1. The number of methoxy groups -OCH3 is 1. The number of benzene rings is 3. The summed E-state index contributed by atoms with van der Waals surface area (Å²) in [4.78, 5) is 13.0. The van der Waals surface area contributed by atoms with E-state index in [9.17, 15) is 9.90 Å². The summed E-state index contributed by atoms with van der Waals surface area (Å²) in [6, 6.07) is 23.4. The number of carbonyl (C=O) groups is 1. The Balaban J connectivity index is 2.04. The highest BCUT2D eigenvalue weighted by Crippen LogP contribution is 2.24. The molecular formula is C22H18O3. The maximum Gasteiger partial charge on any atom is 0.193 e. The summed E-state index contributed by atoms with van der Waals surface area (Å²) in [6.45, 7) is 0. The van der Waals surface area contributed by atoms with Gasteiger partial charge in [-0.15, -0.1) is 0 Å². The molecule has 0 saturated carbocycles. The van der Waals surface area contributed by atoms with E-state index >= 15 is 0 Å². The van der Waals surface area contributed by atoms with Crippen LogP contribution in [-0.2, 0) is 0 Å². The fourth-order valence-corrected chi connectivity index (χ4v) is 2.53. The lowest BCUT2D eigenvalue weighted by Crippen LogP contribution is -2.02. The third-order valence-electron chi connectivity index (χ3n) is 3.89. The van der Waals surface area contributed by atoms with Gasteiger partial charge in [0.1, 0.15) is 11.5 Å². The highest BCUT2D eigenvalue weighted by Gasteiger charge is 2.14. The molecule has 3 rings (SSSR count). The average molecular weight is 330 g/mol. The van der Waals surface area contributed by atoms with Gasteiger partial charge < -0.3 is 9.84 Å². The lowest BCUT2D eigenvalue weighted by Gasteiger charge is -2.08. The molecule has 0 aliphatic rings. The van der Waals surface area contributed by atoms with Crippen LogP contribution in [0.5, 0.6) is 11.5 Å². The molecule has 0 fully saturated rings. The molecule has 3 aromatic rings. The zero-order chi connectivity index (χ0) is 17.6. The number of allylic oxidation sites excluding steroid dienone is 1. The first-order chi connectivity index (χ1) is 12.2. The number of hydrogen-bond donors (Lipinski definition) is 1. The Kier molecular flexibility index (Phi) is 4.95. The van der Waals surface area contributed by atoms with Gasteiger partial charge in [-0.05, 0) is 53.6 Å². The molecule has 3 aromatic carbocycles. The fourth-order valence-electron chi connectivity index (χ4n) is 2.53. The number of phenols is 1. The van der Waals surface area contributed by atoms with Crippen LogP contribution in [0.4, 0.5) is 0 Å². The van der Waals surface area contributed by atoms with Crippen LogP contribution in [-0.4, -0.2) is 18.0 Å². The van der Waals surface area contributed by atoms with E-state index in [1.807, 2.05) is 60.7 Å². The van der Waals surface area contributed by atoms with E-state index in [0.717, 1.165) is 16.9 Å². The van der Waals surface area contributed by atoms with E-state index in [1.165, 1.54) is 12.1 Å². The van der Waals surface area contributed by atoms with Crippen molar-refractivity contribution in [3.8, 4) is 11.5 Å². The van der Waals surface area contributed by atoms with Gasteiger partial charge in [0.25, 0.3) is 0 Å². The topological polar surface area (TPSA) is 46.5 Å². The molecule has 0 unspecified atom stereocenters. The second-order valence-electron chi connectivity index (χ2n) is 5.57. The number of ketones is 1. The van der Waals surface area contributed by atoms with E-state index in [0.29, 0.717) is 11.1 Å². The van der Waals surface area contributed by atoms with Gasteiger partial charge in [0.2, 0.25) is 0 Å². The molecular weight excluding hydrogens is 312 g/mol. The third-order valence-corrected chi connectivity index (χ3v) is 3.89. The zero-order valence-corrected chi connectivity index (χ0v) is 13.8. The summed E-state index contributed by atoms with van der Waals surface area (Å²) in [5.41, 5.74) is 2.88. The van der Waals surface area contributed by atoms with E-state index in [1.54, 1.807) is 19.2 Å². The van der Waals surface area contributed by atoms with Gasteiger partial charge >= 0.3 is 0 Å². The summed E-state index contributed by atoms with van der Waals surface area (Å²) >= 11 is 0. The Hall–Kier alpha value is -3.33. The molecule has 0 aliphatic carbocycles. The zero-order valence-electron chi connectivity index (χ0n) is 13.8. The number of Topliss-reactive ketones (excluding diaryl/α,β-unsaturated/α-hetero) is 1. The largest absolute Gasteiger partial charge is 0.508 e. The molecule has 0 amide bonds. The molecule has 0 bridgehead atoms.